The van der Waals surface area contributed by atoms with Crippen LogP contribution < -0.4 is 0 Å². The Hall–Kier alpha value is -5.15. The fourth-order valence-corrected chi connectivity index (χ4v) is 6.04. The molecule has 8 rings (SSSR count). The summed E-state index contributed by atoms with van der Waals surface area (Å²) in [7, 11) is 0. The number of pyridine rings is 2. The average molecular weight is 798 g/mol. The van der Waals surface area contributed by atoms with E-state index >= 15 is 0 Å². The van der Waals surface area contributed by atoms with Crippen molar-refractivity contribution in [3.8, 4) is 39.3 Å². The van der Waals surface area contributed by atoms with E-state index < -0.39 is 0 Å². The fourth-order valence-electron chi connectivity index (χ4n) is 6.04. The van der Waals surface area contributed by atoms with Gasteiger partial charge in [-0.1, -0.05) is 80.6 Å². The number of hydrogen-bond donors (Lipinski definition) is 0. The van der Waals surface area contributed by atoms with Crippen LogP contribution in [0, 0.1) is 18.1 Å². The molecule has 0 bridgehead atoms. The first-order valence-electron chi connectivity index (χ1n) is 16.1. The zero-order valence-corrected chi connectivity index (χ0v) is 29.4. The molecule has 48 heavy (non-hydrogen) atoms. The second-order valence-electron chi connectivity index (χ2n) is 12.0. The summed E-state index contributed by atoms with van der Waals surface area (Å²) in [6.07, 6.45) is 2.85. The Morgan fingerprint density at radius 1 is 0.583 bits per heavy atom. The molecule has 5 aromatic carbocycles. The summed E-state index contributed by atoms with van der Waals surface area (Å²) in [6, 6.07) is 58.8. The quantitative estimate of drug-likeness (QED) is 0.157. The topological polar surface area (TPSA) is 30.7 Å². The van der Waals surface area contributed by atoms with Gasteiger partial charge in [-0.2, -0.15) is 0 Å². The molecule has 0 aliphatic rings. The molecule has 237 valence electrons. The summed E-state index contributed by atoms with van der Waals surface area (Å²) in [6.45, 7) is 4.42. The maximum Gasteiger partial charge on any atom is 0.0541 e. The molecule has 0 aliphatic carbocycles. The molecule has 3 heterocycles. The zero-order valence-electron chi connectivity index (χ0n) is 27.0. The molecule has 8 aromatic rings. The van der Waals surface area contributed by atoms with Crippen molar-refractivity contribution in [1.29, 1.82) is 0 Å². The van der Waals surface area contributed by atoms with E-state index in [0.29, 0.717) is 5.92 Å². The van der Waals surface area contributed by atoms with Crippen LogP contribution >= 0.6 is 0 Å². The van der Waals surface area contributed by atoms with Crippen molar-refractivity contribution in [2.75, 3.05) is 0 Å². The molecule has 0 amide bonds. The molecule has 3 nitrogen and oxygen atoms in total. The van der Waals surface area contributed by atoms with Gasteiger partial charge in [0.2, 0.25) is 0 Å². The minimum Gasteiger partial charge on any atom is -0.309 e. The summed E-state index contributed by atoms with van der Waals surface area (Å²) in [5, 5.41) is 2.51. The van der Waals surface area contributed by atoms with Gasteiger partial charge in [0.25, 0.3) is 0 Å². The standard InChI is InChI=1S/C29H19N2.C15H16N.Ir/c1-2-11-24(12-3-1)31-28-15-5-4-13-25(28)26-20-22(16-17-29(26)31)21-9-8-10-23(19-21)27-14-6-7-18-30-27;1-12(2)11-14-9-6-10-15(16-14)13-7-4-3-5-8-13;/h1-9,11-20H;3-7,9-10,12H,11H2,1-2H3;/q2*-1;. The Morgan fingerprint density at radius 3 is 2.10 bits per heavy atom. The van der Waals surface area contributed by atoms with E-state index in [1.807, 2.05) is 60.8 Å². The van der Waals surface area contributed by atoms with Crippen LogP contribution in [0.15, 0.2) is 158 Å². The van der Waals surface area contributed by atoms with Gasteiger partial charge in [0, 0.05) is 48.5 Å². The molecule has 0 atom stereocenters. The Labute approximate surface area is 296 Å². The maximum absolute atomic E-state index is 4.65. The third-order valence-electron chi connectivity index (χ3n) is 8.17. The largest absolute Gasteiger partial charge is 0.309 e. The number of para-hydroxylation sites is 2. The van der Waals surface area contributed by atoms with Gasteiger partial charge in [-0.15, -0.1) is 71.3 Å². The molecular weight excluding hydrogens is 763 g/mol. The second kappa shape index (κ2) is 15.2. The SMILES string of the molecule is CC(C)Cc1cccc(-c2[c-]cccc2)n1.[Ir].[c-]1ccc(-c2ccc3c(c2)c2ccccc2n3-c2ccccc2)cc1-c1ccccn1. The van der Waals surface area contributed by atoms with Gasteiger partial charge in [0.15, 0.2) is 0 Å². The van der Waals surface area contributed by atoms with E-state index in [0.717, 1.165) is 40.2 Å². The normalized spacial score (nSPS) is 10.8. The predicted octanol–water partition coefficient (Wildman–Crippen LogP) is 11.1. The van der Waals surface area contributed by atoms with E-state index in [4.69, 9.17) is 0 Å². The number of hydrogen-bond acceptors (Lipinski definition) is 2. The van der Waals surface area contributed by atoms with E-state index in [1.165, 1.54) is 33.1 Å². The molecule has 0 aliphatic heterocycles. The summed E-state index contributed by atoms with van der Waals surface area (Å²) >= 11 is 0. The predicted molar refractivity (Wildman–Crippen MR) is 195 cm³/mol. The number of aromatic nitrogens is 3. The van der Waals surface area contributed by atoms with Gasteiger partial charge >= 0.3 is 0 Å². The first-order chi connectivity index (χ1) is 23.1. The van der Waals surface area contributed by atoms with Crippen LogP contribution in [0.5, 0.6) is 0 Å². The van der Waals surface area contributed by atoms with E-state index in [9.17, 15) is 0 Å². The van der Waals surface area contributed by atoms with Crippen LogP contribution in [0.2, 0.25) is 0 Å². The van der Waals surface area contributed by atoms with Crippen LogP contribution in [0.3, 0.4) is 0 Å². The summed E-state index contributed by atoms with van der Waals surface area (Å²) in [4.78, 5) is 9.13. The van der Waals surface area contributed by atoms with E-state index in [2.05, 4.69) is 138 Å². The Balaban J connectivity index is 0.000000201. The Bertz CT molecular complexity index is 2240. The van der Waals surface area contributed by atoms with Crippen LogP contribution in [0.25, 0.3) is 61.1 Å². The molecule has 4 heteroatoms. The first-order valence-corrected chi connectivity index (χ1v) is 16.1. The molecule has 0 fully saturated rings. The Morgan fingerprint density at radius 2 is 1.31 bits per heavy atom. The van der Waals surface area contributed by atoms with Gasteiger partial charge in [-0.25, -0.2) is 0 Å². The van der Waals surface area contributed by atoms with Crippen LogP contribution in [-0.2, 0) is 26.5 Å². The van der Waals surface area contributed by atoms with Crippen molar-refractivity contribution in [3.05, 3.63) is 176 Å². The number of fused-ring (bicyclic) bond motifs is 3. The minimum atomic E-state index is 0. The molecule has 0 N–H and O–H groups in total. The zero-order chi connectivity index (χ0) is 32.0. The molecule has 3 aromatic heterocycles. The summed E-state index contributed by atoms with van der Waals surface area (Å²) < 4.78 is 2.34. The average Bonchev–Trinajstić information content (AvgIpc) is 3.47. The van der Waals surface area contributed by atoms with Crippen LogP contribution in [0.4, 0.5) is 0 Å². The molecule has 0 saturated carbocycles. The van der Waals surface area contributed by atoms with Gasteiger partial charge in [-0.3, -0.25) is 0 Å². The van der Waals surface area contributed by atoms with Gasteiger partial charge < -0.3 is 14.5 Å². The van der Waals surface area contributed by atoms with Gasteiger partial charge in [-0.05, 0) is 71.8 Å². The third kappa shape index (κ3) is 7.21. The minimum absolute atomic E-state index is 0. The third-order valence-corrected chi connectivity index (χ3v) is 8.17. The van der Waals surface area contributed by atoms with Crippen molar-refractivity contribution in [3.63, 3.8) is 0 Å². The van der Waals surface area contributed by atoms with Crippen molar-refractivity contribution < 1.29 is 20.1 Å². The fraction of sp³-hybridized carbons (Fsp3) is 0.0909. The number of benzene rings is 5. The summed E-state index contributed by atoms with van der Waals surface area (Å²) in [5.74, 6) is 0.641. The molecule has 0 spiro atoms. The number of nitrogens with zero attached hydrogens (tertiary/aromatic N) is 3. The Kier molecular flexibility index (Phi) is 10.4. The van der Waals surface area contributed by atoms with Gasteiger partial charge in [0.1, 0.15) is 0 Å². The summed E-state index contributed by atoms with van der Waals surface area (Å²) in [5.41, 5.74) is 11.1. The van der Waals surface area contributed by atoms with Gasteiger partial charge in [0.05, 0.1) is 11.0 Å². The van der Waals surface area contributed by atoms with Crippen molar-refractivity contribution >= 4 is 21.8 Å². The molecule has 1 radical (unpaired) electrons. The first kappa shape index (κ1) is 32.8. The van der Waals surface area contributed by atoms with E-state index in [1.54, 1.807) is 0 Å². The monoisotopic (exact) mass is 798 g/mol. The maximum atomic E-state index is 4.65. The van der Waals surface area contributed by atoms with Crippen molar-refractivity contribution in [2.45, 2.75) is 20.3 Å². The molecule has 0 saturated heterocycles. The molecule has 0 unspecified atom stereocenters. The van der Waals surface area contributed by atoms with E-state index in [-0.39, 0.29) is 20.1 Å². The molecular formula is C44H35IrN3-2. The van der Waals surface area contributed by atoms with Crippen molar-refractivity contribution in [2.24, 2.45) is 5.92 Å². The van der Waals surface area contributed by atoms with Crippen LogP contribution in [-0.4, -0.2) is 14.5 Å². The number of rotatable bonds is 6. The van der Waals surface area contributed by atoms with Crippen LogP contribution in [0.1, 0.15) is 19.5 Å². The van der Waals surface area contributed by atoms with Crippen molar-refractivity contribution in [1.82, 2.24) is 14.5 Å². The second-order valence-corrected chi connectivity index (χ2v) is 12.0. The smallest absolute Gasteiger partial charge is 0.0541 e.